The monoisotopic (exact) mass is 524 g/mol. The highest BCUT2D eigenvalue weighted by Crippen LogP contribution is 2.41. The second-order valence-corrected chi connectivity index (χ2v) is 12.0. The number of nitrogen functional groups attached to an aromatic ring is 1. The number of nitrogens with zero attached hydrogens (tertiary/aromatic N) is 3. The van der Waals surface area contributed by atoms with Crippen molar-refractivity contribution in [1.82, 2.24) is 20.2 Å². The van der Waals surface area contributed by atoms with Crippen molar-refractivity contribution in [2.45, 2.75) is 40.0 Å². The van der Waals surface area contributed by atoms with Crippen LogP contribution in [0.15, 0.2) is 18.5 Å². The third-order valence-corrected chi connectivity index (χ3v) is 7.61. The van der Waals surface area contributed by atoms with Crippen molar-refractivity contribution in [2.24, 2.45) is 11.3 Å². The largest absolute Gasteiger partial charge is 0.490 e. The molecule has 2 aromatic heterocycles. The number of nitrogens with two attached hydrogens (primary N) is 2. The second-order valence-electron chi connectivity index (χ2n) is 10.9. The fourth-order valence-corrected chi connectivity index (χ4v) is 5.85. The summed E-state index contributed by atoms with van der Waals surface area (Å²) in [6.45, 7) is 8.68. The van der Waals surface area contributed by atoms with Crippen LogP contribution in [0.4, 0.5) is 17.2 Å². The molecule has 1 amide bonds. The van der Waals surface area contributed by atoms with Crippen molar-refractivity contribution in [3.8, 4) is 5.75 Å². The maximum absolute atomic E-state index is 12.6. The molecule has 1 atom stereocenters. The fourth-order valence-electron chi connectivity index (χ4n) is 4.58. The van der Waals surface area contributed by atoms with Crippen molar-refractivity contribution in [2.75, 3.05) is 44.8 Å². The first-order valence-corrected chi connectivity index (χ1v) is 13.4. The molecule has 0 saturated heterocycles. The number of carbonyl (C=O) groups excluding carboxylic acids is 1. The molecule has 0 aliphatic heterocycles. The summed E-state index contributed by atoms with van der Waals surface area (Å²) < 4.78 is 6.13. The number of fused-ring (bicyclic) bond motifs is 3. The zero-order chi connectivity index (χ0) is 26.7. The van der Waals surface area contributed by atoms with Gasteiger partial charge in [0.2, 0.25) is 5.91 Å². The van der Waals surface area contributed by atoms with Crippen molar-refractivity contribution < 1.29 is 14.9 Å². The molecule has 1 aliphatic carbocycles. The standard InChI is InChI=1S/C27H37N7O2S/c1-27(2,3)14-30-8-9-36-21-12-19(29)17(13-28)10-20(21)33-24-23-18-7-6-16(26(35)34(4)5)11-22(18)37-25(23)32-15-31-24/h10,12-13,15-16,28,30H,6-9,11,14,29H2,1-5H3,(H,31,32,33)/p+1/t16-/m0/s1. The first kappa shape index (κ1) is 26.8. The lowest BCUT2D eigenvalue weighted by Gasteiger charge is -2.24. The minimum atomic E-state index is 0.00609. The lowest BCUT2D eigenvalue weighted by Crippen LogP contribution is -2.32. The van der Waals surface area contributed by atoms with Gasteiger partial charge in [-0.2, -0.15) is 0 Å². The predicted molar refractivity (Wildman–Crippen MR) is 151 cm³/mol. The first-order chi connectivity index (χ1) is 17.6. The van der Waals surface area contributed by atoms with Crippen LogP contribution >= 0.6 is 11.3 Å². The Hall–Kier alpha value is -3.24. The molecule has 198 valence electrons. The number of hydrogen-bond acceptors (Lipinski definition) is 8. The SMILES string of the molecule is CN(C)C(=O)[C@H]1CCc2c(sc3ncnc(Nc4cc(C=[NH2+])c(N)cc4OCCNCC(C)(C)C)c23)C1. The number of anilines is 3. The first-order valence-electron chi connectivity index (χ1n) is 12.6. The molecule has 6 N–H and O–H groups in total. The quantitative estimate of drug-likeness (QED) is 0.192. The average Bonchev–Trinajstić information content (AvgIpc) is 3.22. The Morgan fingerprint density at radius 3 is 2.81 bits per heavy atom. The van der Waals surface area contributed by atoms with Gasteiger partial charge in [0.05, 0.1) is 16.6 Å². The highest BCUT2D eigenvalue weighted by atomic mass is 32.1. The highest BCUT2D eigenvalue weighted by molar-refractivity contribution is 7.19. The minimum Gasteiger partial charge on any atom is -0.490 e. The number of hydrogen-bond donors (Lipinski definition) is 4. The summed E-state index contributed by atoms with van der Waals surface area (Å²) in [6, 6.07) is 3.68. The molecule has 3 aromatic rings. The van der Waals surface area contributed by atoms with E-state index >= 15 is 0 Å². The van der Waals surface area contributed by atoms with E-state index in [1.54, 1.807) is 28.6 Å². The van der Waals surface area contributed by atoms with Crippen LogP contribution in [0.25, 0.3) is 10.2 Å². The maximum atomic E-state index is 12.6. The molecule has 1 aliphatic rings. The summed E-state index contributed by atoms with van der Waals surface area (Å²) >= 11 is 1.65. The third kappa shape index (κ3) is 6.19. The molecular formula is C27H38N7O2S+. The van der Waals surface area contributed by atoms with Crippen molar-refractivity contribution in [3.05, 3.63) is 34.5 Å². The molecule has 2 heterocycles. The van der Waals surface area contributed by atoms with E-state index < -0.39 is 0 Å². The second kappa shape index (κ2) is 11.0. The lowest BCUT2D eigenvalue weighted by molar-refractivity contribution is -0.133. The van der Waals surface area contributed by atoms with Gasteiger partial charge in [0.1, 0.15) is 29.3 Å². The molecule has 0 unspecified atom stereocenters. The Balaban J connectivity index is 1.60. The predicted octanol–water partition coefficient (Wildman–Crippen LogP) is 2.40. The molecule has 37 heavy (non-hydrogen) atoms. The van der Waals surface area contributed by atoms with Crippen LogP contribution in [0.1, 0.15) is 43.2 Å². The van der Waals surface area contributed by atoms with E-state index in [-0.39, 0.29) is 17.2 Å². The van der Waals surface area contributed by atoms with Gasteiger partial charge in [0.25, 0.3) is 0 Å². The summed E-state index contributed by atoms with van der Waals surface area (Å²) in [7, 11) is 3.63. The number of ether oxygens (including phenoxy) is 1. The lowest BCUT2D eigenvalue weighted by atomic mass is 9.87. The molecule has 10 heteroatoms. The van der Waals surface area contributed by atoms with Crippen LogP contribution in [0.5, 0.6) is 5.75 Å². The van der Waals surface area contributed by atoms with Crippen LogP contribution in [0, 0.1) is 11.3 Å². The van der Waals surface area contributed by atoms with Gasteiger partial charge in [-0.1, -0.05) is 20.8 Å². The Morgan fingerprint density at radius 1 is 1.32 bits per heavy atom. The minimum absolute atomic E-state index is 0.00609. The van der Waals surface area contributed by atoms with Crippen LogP contribution in [-0.4, -0.2) is 60.8 Å². The number of aryl methyl sites for hydroxylation is 1. The van der Waals surface area contributed by atoms with Gasteiger partial charge in [-0.15, -0.1) is 11.3 Å². The van der Waals surface area contributed by atoms with Crippen LogP contribution < -0.4 is 26.5 Å². The zero-order valence-electron chi connectivity index (χ0n) is 22.4. The number of nitrogens with one attached hydrogen (secondary N) is 2. The number of carbonyl (C=O) groups is 1. The maximum Gasteiger partial charge on any atom is 0.225 e. The van der Waals surface area contributed by atoms with Gasteiger partial charge in [-0.3, -0.25) is 10.2 Å². The molecular weight excluding hydrogens is 486 g/mol. The molecule has 0 fully saturated rings. The fraction of sp³-hybridized carbons (Fsp3) is 0.481. The topological polar surface area (TPSA) is 131 Å². The van der Waals surface area contributed by atoms with Crippen LogP contribution in [0.3, 0.4) is 0 Å². The van der Waals surface area contributed by atoms with E-state index in [1.165, 1.54) is 16.7 Å². The van der Waals surface area contributed by atoms with Crippen molar-refractivity contribution in [3.63, 3.8) is 0 Å². The van der Waals surface area contributed by atoms with Crippen molar-refractivity contribution >= 4 is 50.9 Å². The Morgan fingerprint density at radius 2 is 2.11 bits per heavy atom. The van der Waals surface area contributed by atoms with E-state index in [9.17, 15) is 4.79 Å². The van der Waals surface area contributed by atoms with E-state index in [4.69, 9.17) is 15.9 Å². The van der Waals surface area contributed by atoms with Crippen LogP contribution in [0.2, 0.25) is 0 Å². The highest BCUT2D eigenvalue weighted by Gasteiger charge is 2.30. The van der Waals surface area contributed by atoms with Gasteiger partial charge >= 0.3 is 0 Å². The Labute approximate surface area is 222 Å². The number of benzene rings is 1. The zero-order valence-corrected chi connectivity index (χ0v) is 23.2. The van der Waals surface area contributed by atoms with E-state index in [0.29, 0.717) is 36.0 Å². The molecule has 4 rings (SSSR count). The van der Waals surface area contributed by atoms with E-state index in [0.717, 1.165) is 41.7 Å². The van der Waals surface area contributed by atoms with Gasteiger partial charge in [-0.25, -0.2) is 9.97 Å². The molecule has 9 nitrogen and oxygen atoms in total. The van der Waals surface area contributed by atoms with Gasteiger partial charge < -0.3 is 26.0 Å². The van der Waals surface area contributed by atoms with E-state index in [1.807, 2.05) is 20.2 Å². The molecule has 0 bridgehead atoms. The van der Waals surface area contributed by atoms with Crippen molar-refractivity contribution in [1.29, 1.82) is 0 Å². The molecule has 0 spiro atoms. The molecule has 1 aromatic carbocycles. The number of amides is 1. The normalized spacial score (nSPS) is 15.3. The summed E-state index contributed by atoms with van der Waals surface area (Å²) in [4.78, 5) is 25.5. The molecule has 0 radical (unpaired) electrons. The summed E-state index contributed by atoms with van der Waals surface area (Å²) in [6.07, 6.45) is 5.41. The Bertz CT molecular complexity index is 1300. The van der Waals surface area contributed by atoms with Gasteiger partial charge in [-0.05, 0) is 36.3 Å². The summed E-state index contributed by atoms with van der Waals surface area (Å²) in [5, 5.41) is 13.7. The summed E-state index contributed by atoms with van der Waals surface area (Å²) in [5.41, 5.74) is 9.63. The van der Waals surface area contributed by atoms with Crippen LogP contribution in [-0.2, 0) is 17.6 Å². The number of aromatic nitrogens is 2. The van der Waals surface area contributed by atoms with Gasteiger partial charge in [0.15, 0.2) is 6.21 Å². The third-order valence-electron chi connectivity index (χ3n) is 6.44. The average molecular weight is 525 g/mol. The van der Waals surface area contributed by atoms with Gasteiger partial charge in [0, 0.05) is 49.7 Å². The van der Waals surface area contributed by atoms with E-state index in [2.05, 4.69) is 41.4 Å². The number of rotatable bonds is 9. The smallest absolute Gasteiger partial charge is 0.225 e. The summed E-state index contributed by atoms with van der Waals surface area (Å²) in [5.74, 6) is 1.53. The molecule has 0 saturated carbocycles. The Kier molecular flexibility index (Phi) is 7.99. The number of thiophene rings is 1.